The molecule has 0 saturated carbocycles. The Hall–Kier alpha value is -2.73. The van der Waals surface area contributed by atoms with Gasteiger partial charge >= 0.3 is 0 Å². The first-order chi connectivity index (χ1) is 10.2. The minimum absolute atomic E-state index is 0.182. The van der Waals surface area contributed by atoms with Gasteiger partial charge in [-0.1, -0.05) is 12.1 Å². The lowest BCUT2D eigenvalue weighted by molar-refractivity contribution is 1.00. The highest BCUT2D eigenvalue weighted by Crippen LogP contribution is 2.07. The maximum Gasteiger partial charge on any atom is 0.272 e. The van der Waals surface area contributed by atoms with Crippen LogP contribution in [0, 0.1) is 0 Å². The fraction of sp³-hybridized carbons (Fsp3) is 0. The average Bonchev–Trinajstić information content (AvgIpc) is 2.98. The van der Waals surface area contributed by atoms with Crippen LogP contribution in [0.1, 0.15) is 10.6 Å². The van der Waals surface area contributed by atoms with Gasteiger partial charge in [0.15, 0.2) is 0 Å². The standard InChI is InChI=1S/C15H11N3O2S/c19-14-12(8-10-4-1-2-6-16-10)17-15(20)13(18-14)9-11-5-3-7-21-11/h1-9H,(H,17,20)(H,18,19)/b12-8+,13-9+. The van der Waals surface area contributed by atoms with Gasteiger partial charge in [0.25, 0.3) is 11.1 Å². The molecule has 0 fully saturated rings. The van der Waals surface area contributed by atoms with Crippen molar-refractivity contribution in [2.24, 2.45) is 0 Å². The summed E-state index contributed by atoms with van der Waals surface area (Å²) in [7, 11) is 0. The first kappa shape index (κ1) is 13.3. The van der Waals surface area contributed by atoms with Crippen LogP contribution < -0.4 is 21.8 Å². The molecule has 5 nitrogen and oxygen atoms in total. The molecule has 2 N–H and O–H groups in total. The lowest BCUT2D eigenvalue weighted by atomic mass is 10.3. The van der Waals surface area contributed by atoms with E-state index in [4.69, 9.17) is 0 Å². The predicted molar refractivity (Wildman–Crippen MR) is 82.6 cm³/mol. The molecule has 3 aromatic rings. The first-order valence-corrected chi connectivity index (χ1v) is 7.11. The van der Waals surface area contributed by atoms with E-state index < -0.39 is 0 Å². The van der Waals surface area contributed by atoms with Gasteiger partial charge in [-0.3, -0.25) is 14.6 Å². The van der Waals surface area contributed by atoms with Crippen LogP contribution in [0.2, 0.25) is 0 Å². The molecule has 0 radical (unpaired) electrons. The number of hydrogen-bond acceptors (Lipinski definition) is 4. The Morgan fingerprint density at radius 3 is 2.33 bits per heavy atom. The summed E-state index contributed by atoms with van der Waals surface area (Å²) in [5.74, 6) is 0. The van der Waals surface area contributed by atoms with Crippen LogP contribution in [0.3, 0.4) is 0 Å². The molecule has 3 heterocycles. The van der Waals surface area contributed by atoms with Gasteiger partial charge in [0, 0.05) is 11.1 Å². The topological polar surface area (TPSA) is 78.6 Å². The van der Waals surface area contributed by atoms with Crippen molar-refractivity contribution >= 4 is 23.5 Å². The van der Waals surface area contributed by atoms with E-state index in [0.717, 1.165) is 4.88 Å². The Morgan fingerprint density at radius 1 is 0.952 bits per heavy atom. The van der Waals surface area contributed by atoms with Gasteiger partial charge in [0.05, 0.1) is 5.69 Å². The SMILES string of the molecule is O=c1[nH]/c(=C/c2cccs2)c(=O)[nH]/c1=C/c1ccccn1. The van der Waals surface area contributed by atoms with Gasteiger partial charge in [-0.05, 0) is 35.7 Å². The van der Waals surface area contributed by atoms with Crippen molar-refractivity contribution in [3.05, 3.63) is 83.9 Å². The van der Waals surface area contributed by atoms with Crippen LogP contribution in [-0.4, -0.2) is 15.0 Å². The molecular weight excluding hydrogens is 286 g/mol. The number of hydrogen-bond donors (Lipinski definition) is 2. The monoisotopic (exact) mass is 297 g/mol. The molecule has 6 heteroatoms. The number of pyridine rings is 1. The summed E-state index contributed by atoms with van der Waals surface area (Å²) in [6.07, 6.45) is 4.81. The van der Waals surface area contributed by atoms with E-state index in [1.54, 1.807) is 24.4 Å². The van der Waals surface area contributed by atoms with Gasteiger partial charge in [-0.25, -0.2) is 0 Å². The van der Waals surface area contributed by atoms with Crippen molar-refractivity contribution < 1.29 is 0 Å². The van der Waals surface area contributed by atoms with Crippen molar-refractivity contribution in [3.8, 4) is 0 Å². The van der Waals surface area contributed by atoms with Gasteiger partial charge in [0.1, 0.15) is 10.7 Å². The molecule has 0 spiro atoms. The predicted octanol–water partition coefficient (Wildman–Crippen LogP) is 0.177. The summed E-state index contributed by atoms with van der Waals surface area (Å²) in [5, 5.41) is 2.32. The Balaban J connectivity index is 2.16. The summed E-state index contributed by atoms with van der Waals surface area (Å²) >= 11 is 1.49. The summed E-state index contributed by atoms with van der Waals surface area (Å²) in [4.78, 5) is 34.2. The van der Waals surface area contributed by atoms with Gasteiger partial charge in [-0.15, -0.1) is 11.3 Å². The molecule has 0 saturated heterocycles. The zero-order valence-electron chi connectivity index (χ0n) is 10.9. The highest BCUT2D eigenvalue weighted by molar-refractivity contribution is 7.10. The molecule has 0 aliphatic heterocycles. The smallest absolute Gasteiger partial charge is 0.272 e. The lowest BCUT2D eigenvalue weighted by Crippen LogP contribution is -2.46. The second-order valence-corrected chi connectivity index (χ2v) is 5.27. The third-order valence-electron chi connectivity index (χ3n) is 2.80. The van der Waals surface area contributed by atoms with Crippen molar-refractivity contribution in [1.82, 2.24) is 15.0 Å². The zero-order chi connectivity index (χ0) is 14.7. The maximum absolute atomic E-state index is 12.0. The summed E-state index contributed by atoms with van der Waals surface area (Å²) in [6.45, 7) is 0. The van der Waals surface area contributed by atoms with Crippen LogP contribution in [0.4, 0.5) is 0 Å². The van der Waals surface area contributed by atoms with Crippen LogP contribution >= 0.6 is 11.3 Å². The zero-order valence-corrected chi connectivity index (χ0v) is 11.7. The number of thiophene rings is 1. The van der Waals surface area contributed by atoms with Crippen LogP contribution in [0.25, 0.3) is 12.2 Å². The summed E-state index contributed by atoms with van der Waals surface area (Å²) in [5.41, 5.74) is -0.0955. The molecule has 104 valence electrons. The molecule has 0 aromatic carbocycles. The number of aromatic nitrogens is 3. The molecule has 3 rings (SSSR count). The van der Waals surface area contributed by atoms with E-state index in [1.807, 2.05) is 23.6 Å². The second-order valence-electron chi connectivity index (χ2n) is 4.29. The first-order valence-electron chi connectivity index (χ1n) is 6.23. The van der Waals surface area contributed by atoms with Crippen molar-refractivity contribution in [3.63, 3.8) is 0 Å². The largest absolute Gasteiger partial charge is 0.316 e. The quantitative estimate of drug-likeness (QED) is 0.708. The average molecular weight is 297 g/mol. The van der Waals surface area contributed by atoms with Crippen molar-refractivity contribution in [2.45, 2.75) is 0 Å². The number of aromatic amines is 2. The molecule has 21 heavy (non-hydrogen) atoms. The van der Waals surface area contributed by atoms with E-state index in [-0.39, 0.29) is 21.8 Å². The Kier molecular flexibility index (Phi) is 3.61. The minimum Gasteiger partial charge on any atom is -0.316 e. The number of rotatable bonds is 2. The Morgan fingerprint density at radius 2 is 1.71 bits per heavy atom. The maximum atomic E-state index is 12.0. The molecule has 0 amide bonds. The third kappa shape index (κ3) is 3.06. The highest BCUT2D eigenvalue weighted by Gasteiger charge is 1.97. The summed E-state index contributed by atoms with van der Waals surface area (Å²) < 4.78 is 0. The van der Waals surface area contributed by atoms with Crippen molar-refractivity contribution in [2.75, 3.05) is 0 Å². The highest BCUT2D eigenvalue weighted by atomic mass is 32.1. The van der Waals surface area contributed by atoms with E-state index in [1.165, 1.54) is 17.4 Å². The Bertz CT molecular complexity index is 970. The normalized spacial score (nSPS) is 12.8. The van der Waals surface area contributed by atoms with Gasteiger partial charge < -0.3 is 9.97 Å². The van der Waals surface area contributed by atoms with Crippen molar-refractivity contribution in [1.29, 1.82) is 0 Å². The molecule has 0 unspecified atom stereocenters. The van der Waals surface area contributed by atoms with Crippen LogP contribution in [0.5, 0.6) is 0 Å². The third-order valence-corrected chi connectivity index (χ3v) is 3.61. The molecule has 0 bridgehead atoms. The fourth-order valence-corrected chi connectivity index (χ4v) is 2.48. The van der Waals surface area contributed by atoms with Crippen LogP contribution in [-0.2, 0) is 0 Å². The van der Waals surface area contributed by atoms with E-state index in [2.05, 4.69) is 15.0 Å². The van der Waals surface area contributed by atoms with E-state index >= 15 is 0 Å². The molecule has 0 atom stereocenters. The molecular formula is C15H11N3O2S. The summed E-state index contributed by atoms with van der Waals surface area (Å²) in [6, 6.07) is 9.10. The second kappa shape index (κ2) is 5.72. The fourth-order valence-electron chi connectivity index (χ4n) is 1.82. The Labute approximate surface area is 123 Å². The molecule has 0 aliphatic rings. The van der Waals surface area contributed by atoms with Crippen LogP contribution in [0.15, 0.2) is 51.5 Å². The van der Waals surface area contributed by atoms with Gasteiger partial charge in [0.2, 0.25) is 0 Å². The lowest BCUT2D eigenvalue weighted by Gasteiger charge is -1.92. The van der Waals surface area contributed by atoms with Gasteiger partial charge in [-0.2, -0.15) is 0 Å². The van der Waals surface area contributed by atoms with E-state index in [0.29, 0.717) is 5.69 Å². The number of H-pyrrole nitrogens is 2. The molecule has 0 aliphatic carbocycles. The molecule has 3 aromatic heterocycles. The van der Waals surface area contributed by atoms with E-state index in [9.17, 15) is 9.59 Å². The minimum atomic E-state index is -0.358. The number of nitrogens with one attached hydrogen (secondary N) is 2. The number of nitrogens with zero attached hydrogens (tertiary/aromatic N) is 1.